The number of para-hydroxylation sites is 1. The minimum Gasteiger partial charge on any atom is -0.481 e. The first-order valence-electron chi connectivity index (χ1n) is 10.3. The Hall–Kier alpha value is -4.32. The number of hydrogen-bond acceptors (Lipinski definition) is 10. The lowest BCUT2D eigenvalue weighted by molar-refractivity contribution is -0.122. The summed E-state index contributed by atoms with van der Waals surface area (Å²) in [6.45, 7) is 1.55. The Morgan fingerprint density at radius 3 is 2.46 bits per heavy atom. The molecule has 0 radical (unpaired) electrons. The molecule has 0 aliphatic heterocycles. The summed E-state index contributed by atoms with van der Waals surface area (Å²) in [5, 5.41) is 11.6. The fraction of sp³-hybridized carbons (Fsp3) is 0.174. The van der Waals surface area contributed by atoms with E-state index in [2.05, 4.69) is 25.5 Å². The van der Waals surface area contributed by atoms with Crippen LogP contribution in [0.25, 0.3) is 10.6 Å². The summed E-state index contributed by atoms with van der Waals surface area (Å²) in [5.41, 5.74) is 0.611. The zero-order valence-electron chi connectivity index (χ0n) is 18.9. The minimum absolute atomic E-state index is 0.0232. The van der Waals surface area contributed by atoms with Gasteiger partial charge in [-0.25, -0.2) is 4.39 Å². The summed E-state index contributed by atoms with van der Waals surface area (Å²) < 4.78 is 35.0. The molecule has 0 saturated carbocycles. The molecule has 0 aliphatic carbocycles. The van der Waals surface area contributed by atoms with Gasteiger partial charge in [-0.2, -0.15) is 9.97 Å². The van der Waals surface area contributed by atoms with Gasteiger partial charge in [-0.05, 0) is 31.2 Å². The van der Waals surface area contributed by atoms with E-state index in [9.17, 15) is 9.18 Å². The number of hydrogen-bond donors (Lipinski definition) is 1. The molecule has 2 aromatic heterocycles. The molecule has 12 heteroatoms. The molecule has 1 atom stereocenters. The van der Waals surface area contributed by atoms with Crippen molar-refractivity contribution in [2.24, 2.45) is 0 Å². The van der Waals surface area contributed by atoms with Gasteiger partial charge in [0.15, 0.2) is 11.1 Å². The second kappa shape index (κ2) is 10.7. The van der Waals surface area contributed by atoms with E-state index in [0.717, 1.165) is 11.3 Å². The summed E-state index contributed by atoms with van der Waals surface area (Å²) in [6, 6.07) is 14.2. The number of halogens is 1. The van der Waals surface area contributed by atoms with Gasteiger partial charge < -0.3 is 18.9 Å². The topological polar surface area (TPSA) is 118 Å². The molecule has 4 aromatic rings. The fourth-order valence-electron chi connectivity index (χ4n) is 2.86. The molecule has 0 bridgehead atoms. The van der Waals surface area contributed by atoms with Crippen molar-refractivity contribution in [1.82, 2.24) is 20.2 Å². The lowest BCUT2D eigenvalue weighted by atomic mass is 10.2. The van der Waals surface area contributed by atoms with Crippen molar-refractivity contribution >= 4 is 22.4 Å². The van der Waals surface area contributed by atoms with Crippen LogP contribution in [0.2, 0.25) is 0 Å². The summed E-state index contributed by atoms with van der Waals surface area (Å²) in [5.74, 6) is 0.299. The molecule has 2 heterocycles. The van der Waals surface area contributed by atoms with Crippen molar-refractivity contribution in [3.8, 4) is 39.8 Å². The fourth-order valence-corrected chi connectivity index (χ4v) is 3.63. The standard InChI is InChI=1S/C23H20FN5O5S/c1-13(33-15-8-6-7-14(24)11-15)20(30)27-23-29-28-21(35-23)16-9-4-5-10-17(16)34-22-25-18(31-2)12-19(26-22)32-3/h4-13H,1-3H3,(H,27,29,30). The van der Waals surface area contributed by atoms with Gasteiger partial charge in [-0.3, -0.25) is 10.1 Å². The van der Waals surface area contributed by atoms with Crippen LogP contribution in [0, 0.1) is 5.82 Å². The number of carbonyl (C=O) groups is 1. The predicted molar refractivity (Wildman–Crippen MR) is 126 cm³/mol. The largest absolute Gasteiger partial charge is 0.481 e. The first kappa shape index (κ1) is 23.8. The summed E-state index contributed by atoms with van der Waals surface area (Å²) >= 11 is 1.14. The normalized spacial score (nSPS) is 11.4. The Kier molecular flexibility index (Phi) is 7.31. The molecule has 0 fully saturated rings. The Bertz CT molecular complexity index is 1310. The average Bonchev–Trinajstić information content (AvgIpc) is 3.32. The van der Waals surface area contributed by atoms with E-state index in [1.165, 1.54) is 38.5 Å². The molecule has 0 spiro atoms. The maximum absolute atomic E-state index is 13.3. The minimum atomic E-state index is -0.889. The van der Waals surface area contributed by atoms with Gasteiger partial charge in [0.25, 0.3) is 5.91 Å². The zero-order chi connectivity index (χ0) is 24.8. The van der Waals surface area contributed by atoms with E-state index in [4.69, 9.17) is 18.9 Å². The number of benzene rings is 2. The molecule has 1 unspecified atom stereocenters. The van der Waals surface area contributed by atoms with Crippen LogP contribution in [0.4, 0.5) is 9.52 Å². The van der Waals surface area contributed by atoms with Crippen LogP contribution >= 0.6 is 11.3 Å². The van der Waals surface area contributed by atoms with Crippen LogP contribution in [0.15, 0.2) is 54.6 Å². The molecular formula is C23H20FN5O5S. The zero-order valence-corrected chi connectivity index (χ0v) is 19.7. The van der Waals surface area contributed by atoms with Gasteiger partial charge in [-0.15, -0.1) is 10.2 Å². The summed E-state index contributed by atoms with van der Waals surface area (Å²) in [4.78, 5) is 20.9. The lowest BCUT2D eigenvalue weighted by Crippen LogP contribution is -2.30. The van der Waals surface area contributed by atoms with Crippen molar-refractivity contribution < 1.29 is 28.1 Å². The molecule has 35 heavy (non-hydrogen) atoms. The third-order valence-electron chi connectivity index (χ3n) is 4.53. The quantitative estimate of drug-likeness (QED) is 0.360. The molecule has 1 amide bonds. The highest BCUT2D eigenvalue weighted by atomic mass is 32.1. The van der Waals surface area contributed by atoms with E-state index < -0.39 is 17.8 Å². The summed E-state index contributed by atoms with van der Waals surface area (Å²) in [6.07, 6.45) is -0.889. The van der Waals surface area contributed by atoms with E-state index in [1.807, 2.05) is 6.07 Å². The van der Waals surface area contributed by atoms with Crippen molar-refractivity contribution in [3.05, 3.63) is 60.4 Å². The van der Waals surface area contributed by atoms with Gasteiger partial charge in [0.05, 0.1) is 25.8 Å². The van der Waals surface area contributed by atoms with Crippen molar-refractivity contribution in [3.63, 3.8) is 0 Å². The highest BCUT2D eigenvalue weighted by molar-refractivity contribution is 7.18. The first-order valence-corrected chi connectivity index (χ1v) is 11.1. The van der Waals surface area contributed by atoms with E-state index in [0.29, 0.717) is 16.3 Å². The molecular weight excluding hydrogens is 477 g/mol. The molecule has 2 aromatic carbocycles. The van der Waals surface area contributed by atoms with E-state index in [-0.39, 0.29) is 28.7 Å². The number of anilines is 1. The van der Waals surface area contributed by atoms with Crippen LogP contribution in [0.1, 0.15) is 6.92 Å². The second-order valence-electron chi connectivity index (χ2n) is 6.95. The van der Waals surface area contributed by atoms with E-state index in [1.54, 1.807) is 31.2 Å². The van der Waals surface area contributed by atoms with Gasteiger partial charge in [0, 0.05) is 6.07 Å². The van der Waals surface area contributed by atoms with Crippen LogP contribution in [-0.4, -0.2) is 46.4 Å². The molecule has 10 nitrogen and oxygen atoms in total. The van der Waals surface area contributed by atoms with Crippen LogP contribution < -0.4 is 24.3 Å². The second-order valence-corrected chi connectivity index (χ2v) is 7.93. The predicted octanol–water partition coefficient (Wildman–Crippen LogP) is 4.35. The number of ether oxygens (including phenoxy) is 4. The number of methoxy groups -OCH3 is 2. The highest BCUT2D eigenvalue weighted by Crippen LogP contribution is 2.36. The lowest BCUT2D eigenvalue weighted by Gasteiger charge is -2.13. The third-order valence-corrected chi connectivity index (χ3v) is 5.40. The monoisotopic (exact) mass is 497 g/mol. The number of nitrogens with one attached hydrogen (secondary N) is 1. The smallest absolute Gasteiger partial charge is 0.328 e. The molecule has 0 saturated heterocycles. The van der Waals surface area contributed by atoms with Gasteiger partial charge in [0.1, 0.15) is 17.3 Å². The number of carbonyl (C=O) groups excluding carboxylic acids is 1. The van der Waals surface area contributed by atoms with Crippen molar-refractivity contribution in [1.29, 1.82) is 0 Å². The first-order chi connectivity index (χ1) is 16.9. The van der Waals surface area contributed by atoms with Crippen LogP contribution in [0.3, 0.4) is 0 Å². The van der Waals surface area contributed by atoms with Crippen molar-refractivity contribution in [2.75, 3.05) is 19.5 Å². The molecule has 0 aliphatic rings. The Morgan fingerprint density at radius 1 is 1.00 bits per heavy atom. The van der Waals surface area contributed by atoms with Crippen LogP contribution in [0.5, 0.6) is 29.3 Å². The molecule has 1 N–H and O–H groups in total. The average molecular weight is 498 g/mol. The van der Waals surface area contributed by atoms with Gasteiger partial charge >= 0.3 is 6.01 Å². The Morgan fingerprint density at radius 2 is 1.74 bits per heavy atom. The highest BCUT2D eigenvalue weighted by Gasteiger charge is 2.19. The number of rotatable bonds is 9. The number of nitrogens with zero attached hydrogens (tertiary/aromatic N) is 4. The number of amides is 1. The maximum Gasteiger partial charge on any atom is 0.328 e. The van der Waals surface area contributed by atoms with Crippen LogP contribution in [-0.2, 0) is 4.79 Å². The molecule has 180 valence electrons. The van der Waals surface area contributed by atoms with Gasteiger partial charge in [-0.1, -0.05) is 29.5 Å². The van der Waals surface area contributed by atoms with E-state index >= 15 is 0 Å². The Labute approximate surface area is 203 Å². The summed E-state index contributed by atoms with van der Waals surface area (Å²) in [7, 11) is 2.95. The Balaban J connectivity index is 1.49. The van der Waals surface area contributed by atoms with Gasteiger partial charge in [0.2, 0.25) is 16.9 Å². The SMILES string of the molecule is COc1cc(OC)nc(Oc2ccccc2-c2nnc(NC(=O)C(C)Oc3cccc(F)c3)s2)n1. The van der Waals surface area contributed by atoms with Crippen molar-refractivity contribution in [2.45, 2.75) is 13.0 Å². The number of aromatic nitrogens is 4. The maximum atomic E-state index is 13.3. The third kappa shape index (κ3) is 5.98. The molecule has 4 rings (SSSR count).